The van der Waals surface area contributed by atoms with Gasteiger partial charge < -0.3 is 15.4 Å². The SMILES string of the molecule is O=C(O)[C@H]1CC[C@@H](C(=O)Nc2ccc3[nH]ccc3c2)C1. The third-order valence-electron chi connectivity index (χ3n) is 3.97. The van der Waals surface area contributed by atoms with Gasteiger partial charge in [0.15, 0.2) is 0 Å². The molecule has 1 aromatic carbocycles. The second-order valence-electron chi connectivity index (χ2n) is 5.31. The van der Waals surface area contributed by atoms with E-state index in [-0.39, 0.29) is 17.7 Å². The van der Waals surface area contributed by atoms with Gasteiger partial charge in [0.25, 0.3) is 0 Å². The minimum atomic E-state index is -0.797. The molecule has 1 amide bonds. The van der Waals surface area contributed by atoms with Gasteiger partial charge in [-0.15, -0.1) is 0 Å². The smallest absolute Gasteiger partial charge is 0.306 e. The van der Waals surface area contributed by atoms with Gasteiger partial charge in [-0.25, -0.2) is 0 Å². The lowest BCUT2D eigenvalue weighted by Gasteiger charge is -2.11. The van der Waals surface area contributed by atoms with Gasteiger partial charge in [-0.05, 0) is 43.5 Å². The molecule has 20 heavy (non-hydrogen) atoms. The molecule has 104 valence electrons. The molecule has 0 radical (unpaired) electrons. The van der Waals surface area contributed by atoms with Crippen molar-refractivity contribution in [2.24, 2.45) is 11.8 Å². The number of aromatic nitrogens is 1. The van der Waals surface area contributed by atoms with E-state index in [0.29, 0.717) is 19.3 Å². The highest BCUT2D eigenvalue weighted by molar-refractivity contribution is 5.95. The minimum Gasteiger partial charge on any atom is -0.481 e. The molecule has 1 fully saturated rings. The van der Waals surface area contributed by atoms with Crippen molar-refractivity contribution in [3.8, 4) is 0 Å². The van der Waals surface area contributed by atoms with Gasteiger partial charge in [0.2, 0.25) is 5.91 Å². The Morgan fingerprint density at radius 2 is 2.00 bits per heavy atom. The first-order valence-corrected chi connectivity index (χ1v) is 6.74. The van der Waals surface area contributed by atoms with E-state index in [1.165, 1.54) is 0 Å². The third kappa shape index (κ3) is 2.39. The first kappa shape index (κ1) is 12.7. The Bertz CT molecular complexity index is 662. The van der Waals surface area contributed by atoms with Crippen LogP contribution in [0.15, 0.2) is 30.5 Å². The summed E-state index contributed by atoms with van der Waals surface area (Å²) in [5.74, 6) is -1.45. The van der Waals surface area contributed by atoms with Crippen LogP contribution in [0, 0.1) is 11.8 Å². The van der Waals surface area contributed by atoms with Gasteiger partial charge in [0.05, 0.1) is 5.92 Å². The number of fused-ring (bicyclic) bond motifs is 1. The van der Waals surface area contributed by atoms with Crippen molar-refractivity contribution >= 4 is 28.5 Å². The van der Waals surface area contributed by atoms with Crippen LogP contribution in [0.5, 0.6) is 0 Å². The standard InChI is InChI=1S/C15H16N2O3/c18-14(10-1-2-11(7-10)15(19)20)17-12-3-4-13-9(8-12)5-6-16-13/h3-6,8,10-11,16H,1-2,7H2,(H,17,18)(H,19,20)/t10-,11+/m1/s1. The molecule has 1 saturated carbocycles. The summed E-state index contributed by atoms with van der Waals surface area (Å²) in [6.45, 7) is 0. The number of aliphatic carboxylic acids is 1. The number of aromatic amines is 1. The number of hydrogen-bond donors (Lipinski definition) is 3. The molecule has 0 unspecified atom stereocenters. The van der Waals surface area contributed by atoms with Gasteiger partial charge in [0.1, 0.15) is 0 Å². The zero-order chi connectivity index (χ0) is 14.1. The molecule has 1 aliphatic rings. The van der Waals surface area contributed by atoms with Gasteiger partial charge >= 0.3 is 5.97 Å². The highest BCUT2D eigenvalue weighted by atomic mass is 16.4. The van der Waals surface area contributed by atoms with Crippen LogP contribution < -0.4 is 5.32 Å². The van der Waals surface area contributed by atoms with Crippen LogP contribution in [0.2, 0.25) is 0 Å². The fourth-order valence-electron chi connectivity index (χ4n) is 2.82. The zero-order valence-electron chi connectivity index (χ0n) is 10.9. The largest absolute Gasteiger partial charge is 0.481 e. The topological polar surface area (TPSA) is 82.2 Å². The maximum absolute atomic E-state index is 12.1. The van der Waals surface area contributed by atoms with Crippen molar-refractivity contribution < 1.29 is 14.7 Å². The molecule has 0 bridgehead atoms. The fourth-order valence-corrected chi connectivity index (χ4v) is 2.82. The first-order valence-electron chi connectivity index (χ1n) is 6.74. The van der Waals surface area contributed by atoms with Crippen molar-refractivity contribution in [2.45, 2.75) is 19.3 Å². The van der Waals surface area contributed by atoms with Crippen LogP contribution in [0.4, 0.5) is 5.69 Å². The quantitative estimate of drug-likeness (QED) is 0.803. The molecule has 0 saturated heterocycles. The van der Waals surface area contributed by atoms with Crippen molar-refractivity contribution in [3.05, 3.63) is 30.5 Å². The number of anilines is 1. The minimum absolute atomic E-state index is 0.0800. The molecule has 2 atom stereocenters. The van der Waals surface area contributed by atoms with Crippen LogP contribution in [-0.2, 0) is 9.59 Å². The van der Waals surface area contributed by atoms with Gasteiger partial charge in [-0.1, -0.05) is 0 Å². The van der Waals surface area contributed by atoms with Crippen molar-refractivity contribution in [1.29, 1.82) is 0 Å². The number of amides is 1. The molecule has 5 nitrogen and oxygen atoms in total. The highest BCUT2D eigenvalue weighted by Crippen LogP contribution is 2.32. The Balaban J connectivity index is 1.68. The maximum atomic E-state index is 12.1. The Morgan fingerprint density at radius 1 is 1.20 bits per heavy atom. The van der Waals surface area contributed by atoms with Crippen LogP contribution in [0.3, 0.4) is 0 Å². The molecular formula is C15H16N2O3. The molecule has 5 heteroatoms. The number of rotatable bonds is 3. The number of carboxylic acids is 1. The van der Waals surface area contributed by atoms with E-state index in [0.717, 1.165) is 16.6 Å². The van der Waals surface area contributed by atoms with Crippen molar-refractivity contribution in [1.82, 2.24) is 4.98 Å². The molecule has 0 spiro atoms. The van der Waals surface area contributed by atoms with Crippen LogP contribution in [0.25, 0.3) is 10.9 Å². The maximum Gasteiger partial charge on any atom is 0.306 e. The molecule has 2 aromatic rings. The summed E-state index contributed by atoms with van der Waals surface area (Å²) >= 11 is 0. The zero-order valence-corrected chi connectivity index (χ0v) is 10.9. The highest BCUT2D eigenvalue weighted by Gasteiger charge is 2.33. The predicted molar refractivity (Wildman–Crippen MR) is 75.4 cm³/mol. The van der Waals surface area contributed by atoms with Crippen LogP contribution >= 0.6 is 0 Å². The van der Waals surface area contributed by atoms with Gasteiger partial charge in [0, 0.05) is 28.7 Å². The molecule has 1 aliphatic carbocycles. The van der Waals surface area contributed by atoms with E-state index in [1.807, 2.05) is 30.5 Å². The number of carbonyl (C=O) groups is 2. The van der Waals surface area contributed by atoms with E-state index in [1.54, 1.807) is 0 Å². The summed E-state index contributed by atoms with van der Waals surface area (Å²) in [6, 6.07) is 7.62. The summed E-state index contributed by atoms with van der Waals surface area (Å²) in [5.41, 5.74) is 1.77. The van der Waals surface area contributed by atoms with Crippen molar-refractivity contribution in [2.75, 3.05) is 5.32 Å². The van der Waals surface area contributed by atoms with E-state index < -0.39 is 5.97 Å². The first-order chi connectivity index (χ1) is 9.63. The number of benzene rings is 1. The second kappa shape index (κ2) is 5.00. The van der Waals surface area contributed by atoms with Crippen molar-refractivity contribution in [3.63, 3.8) is 0 Å². The molecule has 1 heterocycles. The van der Waals surface area contributed by atoms with Crippen LogP contribution in [0.1, 0.15) is 19.3 Å². The Morgan fingerprint density at radius 3 is 2.75 bits per heavy atom. The fraction of sp³-hybridized carbons (Fsp3) is 0.333. The van der Waals surface area contributed by atoms with Crippen LogP contribution in [-0.4, -0.2) is 22.0 Å². The lowest BCUT2D eigenvalue weighted by molar-refractivity contribution is -0.141. The number of nitrogens with one attached hydrogen (secondary N) is 2. The number of carboxylic acid groups (broad SMARTS) is 1. The molecular weight excluding hydrogens is 256 g/mol. The summed E-state index contributed by atoms with van der Waals surface area (Å²) in [4.78, 5) is 26.2. The summed E-state index contributed by atoms with van der Waals surface area (Å²) in [7, 11) is 0. The average Bonchev–Trinajstić information content (AvgIpc) is 3.07. The Labute approximate surface area is 116 Å². The Hall–Kier alpha value is -2.30. The Kier molecular flexibility index (Phi) is 3.18. The third-order valence-corrected chi connectivity index (χ3v) is 3.97. The molecule has 1 aromatic heterocycles. The predicted octanol–water partition coefficient (Wildman–Crippen LogP) is 2.61. The molecule has 3 N–H and O–H groups in total. The van der Waals surface area contributed by atoms with E-state index >= 15 is 0 Å². The lowest BCUT2D eigenvalue weighted by atomic mass is 10.0. The van der Waals surface area contributed by atoms with E-state index in [2.05, 4.69) is 10.3 Å². The van der Waals surface area contributed by atoms with Gasteiger partial charge in [-0.3, -0.25) is 9.59 Å². The monoisotopic (exact) mass is 272 g/mol. The van der Waals surface area contributed by atoms with E-state index in [9.17, 15) is 9.59 Å². The van der Waals surface area contributed by atoms with E-state index in [4.69, 9.17) is 5.11 Å². The normalized spacial score (nSPS) is 22.0. The second-order valence-corrected chi connectivity index (χ2v) is 5.31. The average molecular weight is 272 g/mol. The van der Waals surface area contributed by atoms with Gasteiger partial charge in [-0.2, -0.15) is 0 Å². The summed E-state index contributed by atoms with van der Waals surface area (Å²) < 4.78 is 0. The molecule has 3 rings (SSSR count). The lowest BCUT2D eigenvalue weighted by Crippen LogP contribution is -2.21. The number of hydrogen-bond acceptors (Lipinski definition) is 2. The summed E-state index contributed by atoms with van der Waals surface area (Å²) in [5, 5.41) is 12.9. The number of H-pyrrole nitrogens is 1. The summed E-state index contributed by atoms with van der Waals surface area (Å²) in [6.07, 6.45) is 3.53. The molecule has 0 aliphatic heterocycles. The number of carbonyl (C=O) groups excluding carboxylic acids is 1.